The molecular formula is C12H16BrNO2S. The number of morpholine rings is 1. The number of hydrogen-bond donors (Lipinski definition) is 0. The maximum Gasteiger partial charge on any atom is 0.264 e. The van der Waals surface area contributed by atoms with Crippen molar-refractivity contribution in [3.05, 3.63) is 21.9 Å². The van der Waals surface area contributed by atoms with E-state index >= 15 is 0 Å². The van der Waals surface area contributed by atoms with Gasteiger partial charge in [0.15, 0.2) is 0 Å². The predicted molar refractivity (Wildman–Crippen MR) is 73.1 cm³/mol. The Labute approximate surface area is 114 Å². The van der Waals surface area contributed by atoms with E-state index in [1.807, 2.05) is 17.0 Å². The maximum absolute atomic E-state index is 12.4. The lowest BCUT2D eigenvalue weighted by atomic mass is 10.2. The van der Waals surface area contributed by atoms with Crippen molar-refractivity contribution in [3.63, 3.8) is 0 Å². The highest BCUT2D eigenvalue weighted by Crippen LogP contribution is 2.21. The third-order valence-electron chi connectivity index (χ3n) is 2.89. The van der Waals surface area contributed by atoms with Crippen LogP contribution in [0, 0.1) is 0 Å². The summed E-state index contributed by atoms with van der Waals surface area (Å²) in [6.45, 7) is 4.06. The Kier molecular flexibility index (Phi) is 4.59. The van der Waals surface area contributed by atoms with Crippen LogP contribution < -0.4 is 0 Å². The number of aryl methyl sites for hydroxylation is 1. The highest BCUT2D eigenvalue weighted by atomic mass is 79.9. The fraction of sp³-hybridized carbons (Fsp3) is 0.583. The van der Waals surface area contributed by atoms with Crippen molar-refractivity contribution in [2.45, 2.75) is 19.4 Å². The summed E-state index contributed by atoms with van der Waals surface area (Å²) in [4.78, 5) is 16.4. The standard InChI is InChI=1S/C12H16BrNO2S/c1-2-10-3-4-11(17-10)12(15)14-5-6-16-8-9(14)7-13/h3-4,9H,2,5-8H2,1H3. The highest BCUT2D eigenvalue weighted by molar-refractivity contribution is 9.09. The quantitative estimate of drug-likeness (QED) is 0.802. The lowest BCUT2D eigenvalue weighted by Crippen LogP contribution is -2.49. The molecule has 0 saturated carbocycles. The third kappa shape index (κ3) is 2.89. The number of hydrogen-bond acceptors (Lipinski definition) is 3. The minimum absolute atomic E-state index is 0.141. The smallest absolute Gasteiger partial charge is 0.264 e. The Balaban J connectivity index is 2.12. The van der Waals surface area contributed by atoms with Gasteiger partial charge >= 0.3 is 0 Å². The van der Waals surface area contributed by atoms with Crippen LogP contribution in [-0.4, -0.2) is 41.9 Å². The van der Waals surface area contributed by atoms with E-state index in [1.54, 1.807) is 11.3 Å². The zero-order valence-corrected chi connectivity index (χ0v) is 12.2. The van der Waals surface area contributed by atoms with Crippen molar-refractivity contribution in [2.75, 3.05) is 25.1 Å². The number of thiophene rings is 1. The van der Waals surface area contributed by atoms with Crippen LogP contribution in [-0.2, 0) is 11.2 Å². The summed E-state index contributed by atoms with van der Waals surface area (Å²) in [6, 6.07) is 4.14. The van der Waals surface area contributed by atoms with Crippen molar-refractivity contribution >= 4 is 33.2 Å². The molecule has 0 aliphatic carbocycles. The summed E-state index contributed by atoms with van der Waals surface area (Å²) in [7, 11) is 0. The molecule has 0 bridgehead atoms. The summed E-state index contributed by atoms with van der Waals surface area (Å²) >= 11 is 5.04. The number of ether oxygens (including phenoxy) is 1. The number of rotatable bonds is 3. The van der Waals surface area contributed by atoms with Crippen molar-refractivity contribution in [1.82, 2.24) is 4.90 Å². The molecule has 1 aromatic heterocycles. The van der Waals surface area contributed by atoms with Gasteiger partial charge in [0, 0.05) is 16.8 Å². The summed E-state index contributed by atoms with van der Waals surface area (Å²) in [5, 5.41) is 0.769. The SMILES string of the molecule is CCc1ccc(C(=O)N2CCOCC2CBr)s1. The number of alkyl halides is 1. The Hall–Kier alpha value is -0.390. The van der Waals surface area contributed by atoms with Crippen molar-refractivity contribution < 1.29 is 9.53 Å². The Bertz CT molecular complexity index is 394. The number of halogens is 1. The van der Waals surface area contributed by atoms with Gasteiger partial charge in [-0.15, -0.1) is 11.3 Å². The van der Waals surface area contributed by atoms with Crippen LogP contribution in [0.4, 0.5) is 0 Å². The maximum atomic E-state index is 12.4. The van der Waals surface area contributed by atoms with E-state index in [0.717, 1.165) is 16.6 Å². The van der Waals surface area contributed by atoms with Crippen molar-refractivity contribution in [2.24, 2.45) is 0 Å². The van der Waals surface area contributed by atoms with Gasteiger partial charge in [-0.1, -0.05) is 22.9 Å². The molecule has 1 aliphatic rings. The Morgan fingerprint density at radius 2 is 2.47 bits per heavy atom. The van der Waals surface area contributed by atoms with Gasteiger partial charge in [0.05, 0.1) is 24.1 Å². The monoisotopic (exact) mass is 317 g/mol. The van der Waals surface area contributed by atoms with E-state index in [0.29, 0.717) is 19.8 Å². The molecule has 1 amide bonds. The fourth-order valence-corrected chi connectivity index (χ4v) is 3.31. The molecule has 1 aromatic rings. The molecule has 0 aromatic carbocycles. The zero-order chi connectivity index (χ0) is 12.3. The average molecular weight is 318 g/mol. The second kappa shape index (κ2) is 5.98. The molecular weight excluding hydrogens is 302 g/mol. The summed E-state index contributed by atoms with van der Waals surface area (Å²) in [6.07, 6.45) is 0.989. The van der Waals surface area contributed by atoms with Crippen molar-refractivity contribution in [3.8, 4) is 0 Å². The van der Waals surface area contributed by atoms with Gasteiger partial charge in [0.2, 0.25) is 0 Å². The van der Waals surface area contributed by atoms with Gasteiger partial charge in [-0.25, -0.2) is 0 Å². The van der Waals surface area contributed by atoms with Gasteiger partial charge in [-0.3, -0.25) is 4.79 Å². The topological polar surface area (TPSA) is 29.5 Å². The normalized spacial score (nSPS) is 20.6. The van der Waals surface area contributed by atoms with Crippen LogP contribution in [0.1, 0.15) is 21.5 Å². The molecule has 2 heterocycles. The molecule has 1 unspecified atom stereocenters. The van der Waals surface area contributed by atoms with Crippen LogP contribution in [0.15, 0.2) is 12.1 Å². The molecule has 94 valence electrons. The molecule has 2 rings (SSSR count). The Morgan fingerprint density at radius 3 is 3.12 bits per heavy atom. The van der Waals surface area contributed by atoms with E-state index in [2.05, 4.69) is 22.9 Å². The Morgan fingerprint density at radius 1 is 1.65 bits per heavy atom. The van der Waals surface area contributed by atoms with E-state index in [4.69, 9.17) is 4.74 Å². The average Bonchev–Trinajstić information content (AvgIpc) is 2.86. The molecule has 1 saturated heterocycles. The number of nitrogens with zero attached hydrogens (tertiary/aromatic N) is 1. The minimum atomic E-state index is 0.141. The third-order valence-corrected chi connectivity index (χ3v) is 4.85. The number of carbonyl (C=O) groups is 1. The highest BCUT2D eigenvalue weighted by Gasteiger charge is 2.27. The second-order valence-electron chi connectivity index (χ2n) is 4.00. The van der Waals surface area contributed by atoms with Gasteiger partial charge in [-0.2, -0.15) is 0 Å². The summed E-state index contributed by atoms with van der Waals surface area (Å²) < 4.78 is 5.40. The lowest BCUT2D eigenvalue weighted by molar-refractivity contribution is 0.00552. The first-order valence-electron chi connectivity index (χ1n) is 5.79. The molecule has 5 heteroatoms. The second-order valence-corrected chi connectivity index (χ2v) is 5.82. The summed E-state index contributed by atoms with van der Waals surface area (Å²) in [5.41, 5.74) is 0. The summed E-state index contributed by atoms with van der Waals surface area (Å²) in [5.74, 6) is 0.141. The molecule has 1 aliphatic heterocycles. The van der Waals surface area contributed by atoms with E-state index in [1.165, 1.54) is 4.88 Å². The zero-order valence-electron chi connectivity index (χ0n) is 9.82. The first kappa shape index (κ1) is 13.1. The van der Waals surface area contributed by atoms with Gasteiger partial charge in [0.25, 0.3) is 5.91 Å². The molecule has 3 nitrogen and oxygen atoms in total. The lowest BCUT2D eigenvalue weighted by Gasteiger charge is -2.34. The molecule has 1 fully saturated rings. The molecule has 0 radical (unpaired) electrons. The van der Waals surface area contributed by atoms with Crippen LogP contribution >= 0.6 is 27.3 Å². The van der Waals surface area contributed by atoms with Crippen LogP contribution in [0.5, 0.6) is 0 Å². The van der Waals surface area contributed by atoms with Gasteiger partial charge in [-0.05, 0) is 18.6 Å². The van der Waals surface area contributed by atoms with E-state index < -0.39 is 0 Å². The molecule has 1 atom stereocenters. The van der Waals surface area contributed by atoms with Gasteiger partial charge in [0.1, 0.15) is 0 Å². The first-order valence-corrected chi connectivity index (χ1v) is 7.73. The van der Waals surface area contributed by atoms with E-state index in [9.17, 15) is 4.79 Å². The molecule has 17 heavy (non-hydrogen) atoms. The minimum Gasteiger partial charge on any atom is -0.377 e. The largest absolute Gasteiger partial charge is 0.377 e. The predicted octanol–water partition coefficient (Wildman–Crippen LogP) is 2.55. The van der Waals surface area contributed by atoms with Crippen LogP contribution in [0.25, 0.3) is 0 Å². The van der Waals surface area contributed by atoms with Gasteiger partial charge < -0.3 is 9.64 Å². The molecule has 0 spiro atoms. The fourth-order valence-electron chi connectivity index (χ4n) is 1.87. The van der Waals surface area contributed by atoms with E-state index in [-0.39, 0.29) is 11.9 Å². The van der Waals surface area contributed by atoms with Crippen LogP contribution in [0.3, 0.4) is 0 Å². The number of amides is 1. The molecule has 0 N–H and O–H groups in total. The van der Waals surface area contributed by atoms with Crippen molar-refractivity contribution in [1.29, 1.82) is 0 Å². The van der Waals surface area contributed by atoms with Crippen LogP contribution in [0.2, 0.25) is 0 Å². The number of carbonyl (C=O) groups excluding carboxylic acids is 1. The first-order chi connectivity index (χ1) is 8.26.